The Morgan fingerprint density at radius 3 is 2.32 bits per heavy atom. The van der Waals surface area contributed by atoms with E-state index < -0.39 is 10.0 Å². The number of hydrogen-bond donors (Lipinski definition) is 2. The number of hydrogen-bond acceptors (Lipinski definition) is 3. The molecule has 0 unspecified atom stereocenters. The summed E-state index contributed by atoms with van der Waals surface area (Å²) < 4.78 is 24.9. The van der Waals surface area contributed by atoms with Gasteiger partial charge in [-0.3, -0.25) is 9.52 Å². The SMILES string of the molecule is CCC(CC)NC(=O)c1ccccc1NS(C)(=O)=O. The van der Waals surface area contributed by atoms with E-state index >= 15 is 0 Å². The minimum Gasteiger partial charge on any atom is -0.349 e. The van der Waals surface area contributed by atoms with Crippen molar-refractivity contribution in [1.82, 2.24) is 5.32 Å². The molecule has 1 aromatic carbocycles. The molecule has 2 N–H and O–H groups in total. The van der Waals surface area contributed by atoms with Gasteiger partial charge in [0.1, 0.15) is 0 Å². The summed E-state index contributed by atoms with van der Waals surface area (Å²) in [4.78, 5) is 12.1. The van der Waals surface area contributed by atoms with E-state index in [9.17, 15) is 13.2 Å². The van der Waals surface area contributed by atoms with Gasteiger partial charge < -0.3 is 5.32 Å². The highest BCUT2D eigenvalue weighted by atomic mass is 32.2. The highest BCUT2D eigenvalue weighted by Gasteiger charge is 2.15. The summed E-state index contributed by atoms with van der Waals surface area (Å²) >= 11 is 0. The molecule has 0 radical (unpaired) electrons. The van der Waals surface area contributed by atoms with Gasteiger partial charge in [-0.15, -0.1) is 0 Å². The van der Waals surface area contributed by atoms with Crippen LogP contribution < -0.4 is 10.0 Å². The molecule has 0 atom stereocenters. The molecule has 0 saturated carbocycles. The van der Waals surface area contributed by atoms with Crippen LogP contribution in [0.3, 0.4) is 0 Å². The van der Waals surface area contributed by atoms with Crippen LogP contribution in [-0.4, -0.2) is 26.6 Å². The summed E-state index contributed by atoms with van der Waals surface area (Å²) in [5.74, 6) is -0.263. The van der Waals surface area contributed by atoms with E-state index in [1.54, 1.807) is 24.3 Å². The van der Waals surface area contributed by atoms with Crippen molar-refractivity contribution in [2.45, 2.75) is 32.7 Å². The third-order valence-electron chi connectivity index (χ3n) is 2.79. The van der Waals surface area contributed by atoms with Gasteiger partial charge in [-0.25, -0.2) is 8.42 Å². The quantitative estimate of drug-likeness (QED) is 0.838. The molecular weight excluding hydrogens is 264 g/mol. The summed E-state index contributed by atoms with van der Waals surface area (Å²) in [7, 11) is -3.40. The topological polar surface area (TPSA) is 75.3 Å². The van der Waals surface area contributed by atoms with Crippen LogP contribution in [-0.2, 0) is 10.0 Å². The predicted molar refractivity (Wildman–Crippen MR) is 76.7 cm³/mol. The van der Waals surface area contributed by atoms with Gasteiger partial charge in [0.25, 0.3) is 5.91 Å². The van der Waals surface area contributed by atoms with Crippen molar-refractivity contribution in [3.05, 3.63) is 29.8 Å². The normalized spacial score (nSPS) is 11.4. The average molecular weight is 284 g/mol. The molecule has 0 aromatic heterocycles. The molecule has 1 amide bonds. The minimum absolute atomic E-state index is 0.0961. The Labute approximate surface area is 114 Å². The molecule has 1 rings (SSSR count). The molecule has 0 saturated heterocycles. The molecule has 0 bridgehead atoms. The number of sulfonamides is 1. The van der Waals surface area contributed by atoms with Gasteiger partial charge in [-0.2, -0.15) is 0 Å². The summed E-state index contributed by atoms with van der Waals surface area (Å²) in [6.45, 7) is 3.99. The third-order valence-corrected chi connectivity index (χ3v) is 3.38. The van der Waals surface area contributed by atoms with Crippen LogP contribution >= 0.6 is 0 Å². The zero-order chi connectivity index (χ0) is 14.5. The Balaban J connectivity index is 2.97. The zero-order valence-electron chi connectivity index (χ0n) is 11.4. The number of carbonyl (C=O) groups is 1. The van der Waals surface area contributed by atoms with Crippen molar-refractivity contribution < 1.29 is 13.2 Å². The lowest BCUT2D eigenvalue weighted by molar-refractivity contribution is 0.0936. The average Bonchev–Trinajstić information content (AvgIpc) is 2.34. The van der Waals surface area contributed by atoms with Crippen LogP contribution in [0, 0.1) is 0 Å². The molecule has 0 aliphatic rings. The molecule has 19 heavy (non-hydrogen) atoms. The highest BCUT2D eigenvalue weighted by molar-refractivity contribution is 7.92. The van der Waals surface area contributed by atoms with Crippen molar-refractivity contribution in [3.8, 4) is 0 Å². The Hall–Kier alpha value is -1.56. The van der Waals surface area contributed by atoms with E-state index in [1.165, 1.54) is 0 Å². The molecule has 5 nitrogen and oxygen atoms in total. The Morgan fingerprint density at radius 1 is 1.21 bits per heavy atom. The van der Waals surface area contributed by atoms with E-state index in [2.05, 4.69) is 10.0 Å². The van der Waals surface area contributed by atoms with E-state index in [4.69, 9.17) is 0 Å². The van der Waals surface area contributed by atoms with Gasteiger partial charge in [0.05, 0.1) is 17.5 Å². The lowest BCUT2D eigenvalue weighted by atomic mass is 10.1. The van der Waals surface area contributed by atoms with E-state index in [0.29, 0.717) is 11.3 Å². The van der Waals surface area contributed by atoms with Crippen molar-refractivity contribution >= 4 is 21.6 Å². The van der Waals surface area contributed by atoms with E-state index in [1.807, 2.05) is 13.8 Å². The molecule has 106 valence electrons. The van der Waals surface area contributed by atoms with E-state index in [-0.39, 0.29) is 11.9 Å². The molecule has 0 fully saturated rings. The van der Waals surface area contributed by atoms with Crippen molar-refractivity contribution in [3.63, 3.8) is 0 Å². The first-order valence-corrected chi connectivity index (χ1v) is 8.14. The van der Waals surface area contributed by atoms with E-state index in [0.717, 1.165) is 19.1 Å². The first kappa shape index (κ1) is 15.5. The lowest BCUT2D eigenvalue weighted by Gasteiger charge is -2.16. The van der Waals surface area contributed by atoms with Crippen LogP contribution in [0.4, 0.5) is 5.69 Å². The van der Waals surface area contributed by atoms with Crippen LogP contribution in [0.1, 0.15) is 37.0 Å². The number of para-hydroxylation sites is 1. The summed E-state index contributed by atoms with van der Waals surface area (Å²) in [5, 5.41) is 2.89. The monoisotopic (exact) mass is 284 g/mol. The number of rotatable bonds is 6. The van der Waals surface area contributed by atoms with Gasteiger partial charge in [0.2, 0.25) is 10.0 Å². The Morgan fingerprint density at radius 2 is 1.79 bits per heavy atom. The smallest absolute Gasteiger partial charge is 0.253 e. The molecule has 1 aromatic rings. The number of carbonyl (C=O) groups excluding carboxylic acids is 1. The van der Waals surface area contributed by atoms with Crippen molar-refractivity contribution in [2.75, 3.05) is 11.0 Å². The number of amides is 1. The maximum Gasteiger partial charge on any atom is 0.253 e. The number of nitrogens with one attached hydrogen (secondary N) is 2. The van der Waals surface area contributed by atoms with Crippen LogP contribution in [0.15, 0.2) is 24.3 Å². The van der Waals surface area contributed by atoms with Gasteiger partial charge in [-0.1, -0.05) is 26.0 Å². The maximum atomic E-state index is 12.1. The molecule has 0 aliphatic heterocycles. The number of benzene rings is 1. The van der Waals surface area contributed by atoms with Crippen molar-refractivity contribution in [1.29, 1.82) is 0 Å². The van der Waals surface area contributed by atoms with Gasteiger partial charge in [0.15, 0.2) is 0 Å². The highest BCUT2D eigenvalue weighted by Crippen LogP contribution is 2.16. The number of anilines is 1. The first-order valence-electron chi connectivity index (χ1n) is 6.25. The maximum absolute atomic E-state index is 12.1. The van der Waals surface area contributed by atoms with Gasteiger partial charge in [-0.05, 0) is 25.0 Å². The summed E-state index contributed by atoms with van der Waals surface area (Å²) in [6, 6.07) is 6.66. The molecule has 0 heterocycles. The second-order valence-corrected chi connectivity index (χ2v) is 6.16. The predicted octanol–water partition coefficient (Wildman–Crippen LogP) is 1.98. The summed E-state index contributed by atoms with van der Waals surface area (Å²) in [6.07, 6.45) is 2.73. The Kier molecular flexibility index (Phi) is 5.35. The molecular formula is C13H20N2O3S. The second kappa shape index (κ2) is 6.56. The molecule has 0 spiro atoms. The van der Waals surface area contributed by atoms with Crippen LogP contribution in [0.2, 0.25) is 0 Å². The fraction of sp³-hybridized carbons (Fsp3) is 0.462. The fourth-order valence-corrected chi connectivity index (χ4v) is 2.30. The molecule has 6 heteroatoms. The lowest BCUT2D eigenvalue weighted by Crippen LogP contribution is -2.34. The van der Waals surface area contributed by atoms with Crippen LogP contribution in [0.25, 0.3) is 0 Å². The largest absolute Gasteiger partial charge is 0.349 e. The zero-order valence-corrected chi connectivity index (χ0v) is 12.3. The van der Waals surface area contributed by atoms with Gasteiger partial charge in [0, 0.05) is 6.04 Å². The van der Waals surface area contributed by atoms with Gasteiger partial charge >= 0.3 is 0 Å². The first-order chi connectivity index (χ1) is 8.87. The Bertz CT molecular complexity index is 537. The fourth-order valence-electron chi connectivity index (χ4n) is 1.73. The van der Waals surface area contributed by atoms with Crippen LogP contribution in [0.5, 0.6) is 0 Å². The standard InChI is InChI=1S/C13H20N2O3S/c1-4-10(5-2)14-13(16)11-8-6-7-9-12(11)15-19(3,17)18/h6-10,15H,4-5H2,1-3H3,(H,14,16). The minimum atomic E-state index is -3.40. The molecule has 0 aliphatic carbocycles. The summed E-state index contributed by atoms with van der Waals surface area (Å²) in [5.41, 5.74) is 0.633. The van der Waals surface area contributed by atoms with Crippen molar-refractivity contribution in [2.24, 2.45) is 0 Å². The second-order valence-electron chi connectivity index (χ2n) is 4.41. The third kappa shape index (κ3) is 4.90.